The topological polar surface area (TPSA) is 42.8 Å². The van der Waals surface area contributed by atoms with Gasteiger partial charge in [-0.05, 0) is 12.1 Å². The van der Waals surface area contributed by atoms with E-state index in [4.69, 9.17) is 9.57 Å². The minimum absolute atomic E-state index is 0.342. The van der Waals surface area contributed by atoms with Crippen molar-refractivity contribution in [2.75, 3.05) is 7.11 Å². The van der Waals surface area contributed by atoms with Crippen LogP contribution in [0.5, 0.6) is 5.75 Å². The Morgan fingerprint density at radius 3 is 2.67 bits per heavy atom. The van der Waals surface area contributed by atoms with E-state index in [1.54, 1.807) is 7.11 Å². The van der Waals surface area contributed by atoms with E-state index in [1.165, 1.54) is 0 Å². The van der Waals surface area contributed by atoms with Gasteiger partial charge < -0.3 is 4.74 Å². The van der Waals surface area contributed by atoms with E-state index in [-0.39, 0.29) is 6.23 Å². The fraction of sp³-hybridized carbons (Fsp3) is 0.118. The second-order valence-electron chi connectivity index (χ2n) is 4.56. The van der Waals surface area contributed by atoms with Crippen LogP contribution in [0.1, 0.15) is 11.1 Å². The first-order valence-electron chi connectivity index (χ1n) is 6.73. The van der Waals surface area contributed by atoms with Crippen LogP contribution in [0.25, 0.3) is 6.08 Å². The molecule has 3 rings (SSSR count). The molecule has 4 heteroatoms. The third kappa shape index (κ3) is 3.12. The molecule has 1 aliphatic heterocycles. The molecule has 1 atom stereocenters. The summed E-state index contributed by atoms with van der Waals surface area (Å²) >= 11 is 0. The van der Waals surface area contributed by atoms with Crippen molar-refractivity contribution in [3.05, 3.63) is 71.8 Å². The maximum absolute atomic E-state index is 5.43. The average molecular weight is 280 g/mol. The first kappa shape index (κ1) is 13.4. The quantitative estimate of drug-likeness (QED) is 0.936. The van der Waals surface area contributed by atoms with Gasteiger partial charge in [0.05, 0.1) is 7.11 Å². The molecule has 0 bridgehead atoms. The number of hydroxylamine groups is 1. The Morgan fingerprint density at radius 2 is 1.86 bits per heavy atom. The standard InChI is InChI=1S/C17H16N2O2/c1-20-15-10-6-5-7-13(15)11-12-16-18-17(19-21-16)14-8-3-2-4-9-14/h2-12,16H,1H3,(H,18,19). The summed E-state index contributed by atoms with van der Waals surface area (Å²) in [4.78, 5) is 9.92. The molecule has 0 aromatic heterocycles. The number of para-hydroxylation sites is 1. The zero-order chi connectivity index (χ0) is 14.5. The van der Waals surface area contributed by atoms with Crippen molar-refractivity contribution in [2.24, 2.45) is 4.99 Å². The van der Waals surface area contributed by atoms with Crippen LogP contribution in [-0.2, 0) is 4.84 Å². The maximum atomic E-state index is 5.43. The van der Waals surface area contributed by atoms with E-state index < -0.39 is 0 Å². The summed E-state index contributed by atoms with van der Waals surface area (Å²) in [5.74, 6) is 1.57. The Kier molecular flexibility index (Phi) is 3.98. The second kappa shape index (κ2) is 6.24. The number of rotatable bonds is 4. The monoisotopic (exact) mass is 280 g/mol. The Labute approximate surface area is 123 Å². The summed E-state index contributed by atoms with van der Waals surface area (Å²) < 4.78 is 5.31. The number of hydrogen-bond acceptors (Lipinski definition) is 4. The fourth-order valence-corrected chi connectivity index (χ4v) is 2.10. The van der Waals surface area contributed by atoms with Crippen molar-refractivity contribution < 1.29 is 9.57 Å². The minimum atomic E-state index is -0.342. The summed E-state index contributed by atoms with van der Waals surface area (Å²) in [5, 5.41) is 0. The van der Waals surface area contributed by atoms with Crippen molar-refractivity contribution >= 4 is 11.9 Å². The van der Waals surface area contributed by atoms with Gasteiger partial charge in [-0.2, -0.15) is 0 Å². The highest BCUT2D eigenvalue weighted by atomic mass is 16.7. The van der Waals surface area contributed by atoms with Gasteiger partial charge in [0.15, 0.2) is 12.1 Å². The molecule has 1 aliphatic rings. The lowest BCUT2D eigenvalue weighted by atomic mass is 10.2. The molecule has 0 radical (unpaired) electrons. The van der Waals surface area contributed by atoms with Crippen LogP contribution in [0.2, 0.25) is 0 Å². The molecule has 106 valence electrons. The molecule has 0 spiro atoms. The SMILES string of the molecule is COc1ccccc1C=CC1N=C(c2ccccc2)NO1. The van der Waals surface area contributed by atoms with Crippen molar-refractivity contribution in [3.63, 3.8) is 0 Å². The van der Waals surface area contributed by atoms with E-state index >= 15 is 0 Å². The fourth-order valence-electron chi connectivity index (χ4n) is 2.10. The number of methoxy groups -OCH3 is 1. The summed E-state index contributed by atoms with van der Waals surface area (Å²) in [6.45, 7) is 0. The molecule has 2 aromatic rings. The van der Waals surface area contributed by atoms with Gasteiger partial charge in [0, 0.05) is 11.1 Å². The number of aliphatic imine (C=N–C) groups is 1. The molecule has 1 heterocycles. The molecule has 0 aliphatic carbocycles. The Balaban J connectivity index is 1.75. The highest BCUT2D eigenvalue weighted by molar-refractivity contribution is 5.98. The smallest absolute Gasteiger partial charge is 0.196 e. The number of nitrogens with one attached hydrogen (secondary N) is 1. The lowest BCUT2D eigenvalue weighted by Gasteiger charge is -2.04. The molecule has 21 heavy (non-hydrogen) atoms. The maximum Gasteiger partial charge on any atom is 0.196 e. The Morgan fingerprint density at radius 1 is 1.10 bits per heavy atom. The number of nitrogens with zero attached hydrogens (tertiary/aromatic N) is 1. The number of amidine groups is 1. The molecule has 4 nitrogen and oxygen atoms in total. The molecular weight excluding hydrogens is 264 g/mol. The Hall–Kier alpha value is -2.59. The van der Waals surface area contributed by atoms with Gasteiger partial charge in [-0.15, -0.1) is 0 Å². The summed E-state index contributed by atoms with van der Waals surface area (Å²) in [7, 11) is 1.66. The first-order chi connectivity index (χ1) is 10.4. The predicted molar refractivity (Wildman–Crippen MR) is 83.0 cm³/mol. The van der Waals surface area contributed by atoms with Gasteiger partial charge in [0.2, 0.25) is 0 Å². The average Bonchev–Trinajstić information content (AvgIpc) is 3.03. The molecule has 0 fully saturated rings. The van der Waals surface area contributed by atoms with E-state index in [1.807, 2.05) is 66.7 Å². The molecule has 0 saturated heterocycles. The largest absolute Gasteiger partial charge is 0.496 e. The van der Waals surface area contributed by atoms with Gasteiger partial charge in [-0.1, -0.05) is 54.6 Å². The lowest BCUT2D eigenvalue weighted by molar-refractivity contribution is 0.0682. The normalized spacial score (nSPS) is 17.6. The summed E-state index contributed by atoms with van der Waals surface area (Å²) in [6, 6.07) is 17.7. The molecule has 1 N–H and O–H groups in total. The second-order valence-corrected chi connectivity index (χ2v) is 4.56. The predicted octanol–water partition coefficient (Wildman–Crippen LogP) is 3.02. The third-order valence-corrected chi connectivity index (χ3v) is 3.16. The third-order valence-electron chi connectivity index (χ3n) is 3.16. The number of hydrogen-bond donors (Lipinski definition) is 1. The van der Waals surface area contributed by atoms with Gasteiger partial charge in [0.25, 0.3) is 0 Å². The lowest BCUT2D eigenvalue weighted by Crippen LogP contribution is -2.18. The highest BCUT2D eigenvalue weighted by Gasteiger charge is 2.16. The van der Waals surface area contributed by atoms with Crippen molar-refractivity contribution in [1.29, 1.82) is 0 Å². The summed E-state index contributed by atoms with van der Waals surface area (Å²) in [5.41, 5.74) is 4.85. The minimum Gasteiger partial charge on any atom is -0.496 e. The number of ether oxygens (including phenoxy) is 1. The van der Waals surface area contributed by atoms with Crippen LogP contribution >= 0.6 is 0 Å². The van der Waals surface area contributed by atoms with Crippen LogP contribution in [0, 0.1) is 0 Å². The first-order valence-corrected chi connectivity index (χ1v) is 6.73. The van der Waals surface area contributed by atoms with Crippen LogP contribution in [0.15, 0.2) is 65.7 Å². The zero-order valence-electron chi connectivity index (χ0n) is 11.7. The highest BCUT2D eigenvalue weighted by Crippen LogP contribution is 2.19. The van der Waals surface area contributed by atoms with Crippen molar-refractivity contribution in [3.8, 4) is 5.75 Å². The molecule has 0 saturated carbocycles. The van der Waals surface area contributed by atoms with Crippen molar-refractivity contribution in [1.82, 2.24) is 5.48 Å². The van der Waals surface area contributed by atoms with Crippen LogP contribution in [0.3, 0.4) is 0 Å². The summed E-state index contributed by atoms with van der Waals surface area (Å²) in [6.07, 6.45) is 3.49. The Bertz CT molecular complexity index is 666. The van der Waals surface area contributed by atoms with E-state index in [0.717, 1.165) is 22.7 Å². The van der Waals surface area contributed by atoms with Gasteiger partial charge in [-0.25, -0.2) is 15.3 Å². The van der Waals surface area contributed by atoms with E-state index in [9.17, 15) is 0 Å². The van der Waals surface area contributed by atoms with Crippen LogP contribution in [-0.4, -0.2) is 19.2 Å². The van der Waals surface area contributed by atoms with Crippen LogP contribution in [0.4, 0.5) is 0 Å². The zero-order valence-corrected chi connectivity index (χ0v) is 11.7. The van der Waals surface area contributed by atoms with Gasteiger partial charge in [-0.3, -0.25) is 0 Å². The van der Waals surface area contributed by atoms with E-state index in [2.05, 4.69) is 10.5 Å². The van der Waals surface area contributed by atoms with Crippen molar-refractivity contribution in [2.45, 2.75) is 6.23 Å². The van der Waals surface area contributed by atoms with Gasteiger partial charge in [0.1, 0.15) is 5.75 Å². The number of benzene rings is 2. The molecule has 0 amide bonds. The van der Waals surface area contributed by atoms with Crippen LogP contribution < -0.4 is 10.2 Å². The molecule has 1 unspecified atom stereocenters. The molecule has 2 aromatic carbocycles. The van der Waals surface area contributed by atoms with E-state index in [0.29, 0.717) is 0 Å². The van der Waals surface area contributed by atoms with Gasteiger partial charge >= 0.3 is 0 Å². The molecular formula is C17H16N2O2.